The molecule has 2 aromatic rings. The van der Waals surface area contributed by atoms with Gasteiger partial charge in [-0.1, -0.05) is 30.3 Å². The number of hydrogen-bond acceptors (Lipinski definition) is 4. The first kappa shape index (κ1) is 14.4. The van der Waals surface area contributed by atoms with Crippen LogP contribution in [0.15, 0.2) is 36.4 Å². The number of hydrogen-bond donors (Lipinski definition) is 0. The second-order valence-corrected chi connectivity index (χ2v) is 5.25. The zero-order chi connectivity index (χ0) is 15.7. The number of Topliss-reactive ketones (excluding diaryl/α,β-unsaturated/α-hetero) is 1. The Hall–Kier alpha value is -2.49. The molecule has 0 spiro atoms. The van der Waals surface area contributed by atoms with Crippen LogP contribution in [0.2, 0.25) is 0 Å². The van der Waals surface area contributed by atoms with Crippen LogP contribution in [0.25, 0.3) is 0 Å². The van der Waals surface area contributed by atoms with Crippen molar-refractivity contribution in [2.75, 3.05) is 14.2 Å². The SMILES string of the molecule is COc1cc2c(c(OC)c1C)C(=O)CC(c1ccccc1)O2. The molecular formula is C18H18O4. The Morgan fingerprint density at radius 1 is 1.14 bits per heavy atom. The lowest BCUT2D eigenvalue weighted by molar-refractivity contribution is 0.0844. The molecule has 0 radical (unpaired) electrons. The standard InChI is InChI=1S/C18H18O4/c1-11-14(20-2)10-16-17(18(11)21-3)13(19)9-15(22-16)12-7-5-4-6-8-12/h4-8,10,15H,9H2,1-3H3. The van der Waals surface area contributed by atoms with Crippen molar-refractivity contribution in [1.29, 1.82) is 0 Å². The number of carbonyl (C=O) groups excluding carboxylic acids is 1. The lowest BCUT2D eigenvalue weighted by Crippen LogP contribution is -2.21. The minimum Gasteiger partial charge on any atom is -0.496 e. The molecule has 0 saturated carbocycles. The van der Waals surface area contributed by atoms with E-state index in [2.05, 4.69) is 0 Å². The average Bonchev–Trinajstić information content (AvgIpc) is 2.55. The second kappa shape index (κ2) is 5.72. The molecule has 1 aliphatic heterocycles. The highest BCUT2D eigenvalue weighted by Gasteiger charge is 2.32. The zero-order valence-corrected chi connectivity index (χ0v) is 12.9. The van der Waals surface area contributed by atoms with Crippen molar-refractivity contribution in [2.24, 2.45) is 0 Å². The first-order valence-electron chi connectivity index (χ1n) is 7.16. The van der Waals surface area contributed by atoms with E-state index >= 15 is 0 Å². The fourth-order valence-electron chi connectivity index (χ4n) is 2.85. The molecule has 1 aliphatic rings. The zero-order valence-electron chi connectivity index (χ0n) is 12.9. The molecule has 0 saturated heterocycles. The third kappa shape index (κ3) is 2.30. The summed E-state index contributed by atoms with van der Waals surface area (Å²) in [6, 6.07) is 11.5. The maximum atomic E-state index is 12.6. The van der Waals surface area contributed by atoms with E-state index in [9.17, 15) is 4.79 Å². The van der Waals surface area contributed by atoms with Crippen molar-refractivity contribution in [3.8, 4) is 17.2 Å². The third-order valence-corrected chi connectivity index (χ3v) is 3.96. The monoisotopic (exact) mass is 298 g/mol. The molecule has 2 aromatic carbocycles. The molecule has 0 aliphatic carbocycles. The van der Waals surface area contributed by atoms with Crippen LogP contribution in [0.5, 0.6) is 17.2 Å². The Morgan fingerprint density at radius 2 is 1.86 bits per heavy atom. The summed E-state index contributed by atoms with van der Waals surface area (Å²) >= 11 is 0. The Labute approximate surface area is 129 Å². The van der Waals surface area contributed by atoms with Gasteiger partial charge < -0.3 is 14.2 Å². The molecule has 0 aromatic heterocycles. The first-order valence-corrected chi connectivity index (χ1v) is 7.16. The van der Waals surface area contributed by atoms with E-state index in [0.29, 0.717) is 29.2 Å². The van der Waals surface area contributed by atoms with Crippen LogP contribution >= 0.6 is 0 Å². The van der Waals surface area contributed by atoms with Crippen molar-refractivity contribution < 1.29 is 19.0 Å². The van der Waals surface area contributed by atoms with E-state index in [0.717, 1.165) is 11.1 Å². The van der Waals surface area contributed by atoms with Crippen LogP contribution in [-0.2, 0) is 0 Å². The average molecular weight is 298 g/mol. The molecule has 114 valence electrons. The van der Waals surface area contributed by atoms with Gasteiger partial charge in [-0.3, -0.25) is 4.79 Å². The van der Waals surface area contributed by atoms with E-state index in [1.165, 1.54) is 0 Å². The first-order chi connectivity index (χ1) is 10.7. The largest absolute Gasteiger partial charge is 0.496 e. The van der Waals surface area contributed by atoms with Gasteiger partial charge in [0.25, 0.3) is 0 Å². The van der Waals surface area contributed by atoms with Crippen LogP contribution in [-0.4, -0.2) is 20.0 Å². The smallest absolute Gasteiger partial charge is 0.174 e. The van der Waals surface area contributed by atoms with Gasteiger partial charge in [0.2, 0.25) is 0 Å². The van der Waals surface area contributed by atoms with Gasteiger partial charge >= 0.3 is 0 Å². The summed E-state index contributed by atoms with van der Waals surface area (Å²) in [5.41, 5.74) is 2.30. The fourth-order valence-corrected chi connectivity index (χ4v) is 2.85. The van der Waals surface area contributed by atoms with Gasteiger partial charge in [-0.05, 0) is 12.5 Å². The van der Waals surface area contributed by atoms with E-state index in [1.54, 1.807) is 20.3 Å². The van der Waals surface area contributed by atoms with Crippen LogP contribution in [0, 0.1) is 6.92 Å². The summed E-state index contributed by atoms with van der Waals surface area (Å²) < 4.78 is 16.8. The van der Waals surface area contributed by atoms with Gasteiger partial charge in [-0.2, -0.15) is 0 Å². The quantitative estimate of drug-likeness (QED) is 0.866. The van der Waals surface area contributed by atoms with Crippen molar-refractivity contribution in [1.82, 2.24) is 0 Å². The van der Waals surface area contributed by atoms with Gasteiger partial charge in [0.1, 0.15) is 28.9 Å². The van der Waals surface area contributed by atoms with Crippen LogP contribution in [0.1, 0.15) is 34.0 Å². The predicted octanol–water partition coefficient (Wildman–Crippen LogP) is 3.72. The summed E-state index contributed by atoms with van der Waals surface area (Å²) in [7, 11) is 3.14. The fraction of sp³-hybridized carbons (Fsp3) is 0.278. The topological polar surface area (TPSA) is 44.8 Å². The molecule has 1 heterocycles. The van der Waals surface area contributed by atoms with E-state index in [4.69, 9.17) is 14.2 Å². The summed E-state index contributed by atoms with van der Waals surface area (Å²) in [6.07, 6.45) is 0.0254. The van der Waals surface area contributed by atoms with Crippen molar-refractivity contribution in [2.45, 2.75) is 19.4 Å². The van der Waals surface area contributed by atoms with Gasteiger partial charge in [-0.15, -0.1) is 0 Å². The Morgan fingerprint density at radius 3 is 2.50 bits per heavy atom. The van der Waals surface area contributed by atoms with Crippen molar-refractivity contribution in [3.63, 3.8) is 0 Å². The number of carbonyl (C=O) groups is 1. The predicted molar refractivity (Wildman–Crippen MR) is 83.0 cm³/mol. The third-order valence-electron chi connectivity index (χ3n) is 3.96. The molecule has 4 nitrogen and oxygen atoms in total. The highest BCUT2D eigenvalue weighted by atomic mass is 16.5. The number of rotatable bonds is 3. The minimum absolute atomic E-state index is 0.0257. The maximum absolute atomic E-state index is 12.6. The highest BCUT2D eigenvalue weighted by molar-refractivity contribution is 6.03. The maximum Gasteiger partial charge on any atom is 0.174 e. The van der Waals surface area contributed by atoms with Gasteiger partial charge in [0.15, 0.2) is 5.78 Å². The molecule has 1 atom stereocenters. The normalized spacial score (nSPS) is 16.7. The number of ketones is 1. The molecular weight excluding hydrogens is 280 g/mol. The molecule has 1 unspecified atom stereocenters. The lowest BCUT2D eigenvalue weighted by atomic mass is 9.94. The lowest BCUT2D eigenvalue weighted by Gasteiger charge is -2.28. The van der Waals surface area contributed by atoms with Crippen LogP contribution in [0.4, 0.5) is 0 Å². The number of methoxy groups -OCH3 is 2. The summed E-state index contributed by atoms with van der Waals surface area (Å²) in [5, 5.41) is 0. The number of benzene rings is 2. The summed E-state index contributed by atoms with van der Waals surface area (Å²) in [5.74, 6) is 1.73. The van der Waals surface area contributed by atoms with E-state index in [-0.39, 0.29) is 11.9 Å². The van der Waals surface area contributed by atoms with Crippen LogP contribution in [0.3, 0.4) is 0 Å². The van der Waals surface area contributed by atoms with E-state index in [1.807, 2.05) is 37.3 Å². The van der Waals surface area contributed by atoms with Crippen LogP contribution < -0.4 is 14.2 Å². The molecule has 0 amide bonds. The molecule has 22 heavy (non-hydrogen) atoms. The van der Waals surface area contributed by atoms with E-state index < -0.39 is 0 Å². The number of fused-ring (bicyclic) bond motifs is 1. The molecule has 3 rings (SSSR count). The van der Waals surface area contributed by atoms with Gasteiger partial charge in [0, 0.05) is 11.6 Å². The molecule has 0 fully saturated rings. The Bertz CT molecular complexity index is 707. The molecule has 0 N–H and O–H groups in total. The Kier molecular flexibility index (Phi) is 3.75. The van der Waals surface area contributed by atoms with Crippen molar-refractivity contribution in [3.05, 3.63) is 53.1 Å². The second-order valence-electron chi connectivity index (χ2n) is 5.25. The summed E-state index contributed by atoms with van der Waals surface area (Å²) in [4.78, 5) is 12.6. The van der Waals surface area contributed by atoms with Gasteiger partial charge in [-0.25, -0.2) is 0 Å². The van der Waals surface area contributed by atoms with Crippen molar-refractivity contribution >= 4 is 5.78 Å². The molecule has 4 heteroatoms. The summed E-state index contributed by atoms with van der Waals surface area (Å²) in [6.45, 7) is 1.87. The van der Waals surface area contributed by atoms with Gasteiger partial charge in [0.05, 0.1) is 20.6 Å². The number of ether oxygens (including phenoxy) is 3. The molecule has 0 bridgehead atoms. The minimum atomic E-state index is -0.279. The Balaban J connectivity index is 2.08. The highest BCUT2D eigenvalue weighted by Crippen LogP contribution is 2.44.